The van der Waals surface area contributed by atoms with E-state index in [1.807, 2.05) is 0 Å². The number of carbonyl (C=O) groups excluding carboxylic acids is 1. The Kier molecular flexibility index (Phi) is 5.48. The van der Waals surface area contributed by atoms with E-state index >= 15 is 0 Å². The molecule has 2 aromatic rings. The molecule has 1 saturated heterocycles. The van der Waals surface area contributed by atoms with E-state index in [0.717, 1.165) is 6.07 Å². The van der Waals surface area contributed by atoms with Crippen LogP contribution in [0, 0.1) is 5.82 Å². The minimum absolute atomic E-state index is 0. The number of halogens is 2. The van der Waals surface area contributed by atoms with E-state index in [9.17, 15) is 17.6 Å². The molecular weight excluding hydrogens is 369 g/mol. The van der Waals surface area contributed by atoms with Gasteiger partial charge >= 0.3 is 0 Å². The Morgan fingerprint density at radius 3 is 2.32 bits per heavy atom. The van der Waals surface area contributed by atoms with Crippen LogP contribution in [-0.2, 0) is 14.8 Å². The zero-order valence-corrected chi connectivity index (χ0v) is 14.7. The number of amides is 1. The Hall–Kier alpha value is -2.00. The van der Waals surface area contributed by atoms with Gasteiger partial charge in [-0.2, -0.15) is 0 Å². The predicted octanol–water partition coefficient (Wildman–Crippen LogP) is 1.63. The highest BCUT2D eigenvalue weighted by Gasteiger charge is 2.32. The molecule has 9 heteroatoms. The fourth-order valence-electron chi connectivity index (χ4n) is 2.89. The third-order valence-corrected chi connectivity index (χ3v) is 4.97. The summed E-state index contributed by atoms with van der Waals surface area (Å²) in [4.78, 5) is 13.1. The van der Waals surface area contributed by atoms with Crippen LogP contribution in [0.4, 0.5) is 10.1 Å². The lowest BCUT2D eigenvalue weighted by Crippen LogP contribution is -2.34. The second-order valence-electron chi connectivity index (χ2n) is 5.56. The number of nitrogens with zero attached hydrogens (tertiary/aromatic N) is 1. The van der Waals surface area contributed by atoms with Crippen LogP contribution >= 0.6 is 12.4 Å². The number of anilines is 1. The molecule has 1 aliphatic rings. The SMILES string of the molecule is Cl.N[C@H]1CCN(c2ccccc2-c2cccc(F)c2S(N)(=O)=O)C1=O. The second-order valence-corrected chi connectivity index (χ2v) is 7.06. The molecule has 1 heterocycles. The molecule has 1 fully saturated rings. The Bertz CT molecular complexity index is 921. The first-order valence-corrected chi connectivity index (χ1v) is 8.83. The number of primary sulfonamides is 1. The summed E-state index contributed by atoms with van der Waals surface area (Å²) in [6.45, 7) is 0.414. The number of hydrogen-bond acceptors (Lipinski definition) is 4. The number of benzene rings is 2. The fraction of sp³-hybridized carbons (Fsp3) is 0.188. The Morgan fingerprint density at radius 1 is 1.08 bits per heavy atom. The summed E-state index contributed by atoms with van der Waals surface area (Å²) in [5, 5.41) is 5.18. The lowest BCUT2D eigenvalue weighted by molar-refractivity contribution is -0.118. The van der Waals surface area contributed by atoms with Gasteiger partial charge in [0.1, 0.15) is 10.7 Å². The first kappa shape index (κ1) is 19.3. The predicted molar refractivity (Wildman–Crippen MR) is 95.4 cm³/mol. The van der Waals surface area contributed by atoms with Crippen molar-refractivity contribution in [1.29, 1.82) is 0 Å². The Labute approximate surface area is 151 Å². The third kappa shape index (κ3) is 3.52. The van der Waals surface area contributed by atoms with Crippen molar-refractivity contribution >= 4 is 34.0 Å². The fourth-order valence-corrected chi connectivity index (χ4v) is 3.71. The largest absolute Gasteiger partial charge is 0.320 e. The summed E-state index contributed by atoms with van der Waals surface area (Å²) in [5.41, 5.74) is 6.75. The van der Waals surface area contributed by atoms with Crippen LogP contribution in [0.2, 0.25) is 0 Å². The molecule has 0 saturated carbocycles. The van der Waals surface area contributed by atoms with Gasteiger partial charge < -0.3 is 10.6 Å². The summed E-state index contributed by atoms with van der Waals surface area (Å²) in [6.07, 6.45) is 0.498. The minimum Gasteiger partial charge on any atom is -0.320 e. The number of carbonyl (C=O) groups is 1. The van der Waals surface area contributed by atoms with E-state index in [0.29, 0.717) is 24.2 Å². The molecule has 2 aromatic carbocycles. The van der Waals surface area contributed by atoms with Crippen LogP contribution in [0.15, 0.2) is 47.4 Å². The van der Waals surface area contributed by atoms with Gasteiger partial charge in [-0.05, 0) is 18.6 Å². The molecule has 4 N–H and O–H groups in total. The van der Waals surface area contributed by atoms with Crippen molar-refractivity contribution in [3.8, 4) is 11.1 Å². The van der Waals surface area contributed by atoms with Gasteiger partial charge in [0, 0.05) is 17.7 Å². The van der Waals surface area contributed by atoms with E-state index in [1.54, 1.807) is 24.3 Å². The van der Waals surface area contributed by atoms with Crippen LogP contribution in [0.25, 0.3) is 11.1 Å². The summed E-state index contributed by atoms with van der Waals surface area (Å²) in [5.74, 6) is -1.19. The number of nitrogens with two attached hydrogens (primary N) is 2. The molecule has 134 valence electrons. The van der Waals surface area contributed by atoms with Gasteiger partial charge in [0.05, 0.1) is 11.7 Å². The Balaban J connectivity index is 0.00000225. The van der Waals surface area contributed by atoms with E-state index in [2.05, 4.69) is 0 Å². The number of para-hydroxylation sites is 1. The molecule has 0 aromatic heterocycles. The molecule has 25 heavy (non-hydrogen) atoms. The molecular formula is C16H17ClFN3O3S. The maximum Gasteiger partial charge on any atom is 0.243 e. The van der Waals surface area contributed by atoms with Gasteiger partial charge in [0.15, 0.2) is 0 Å². The molecule has 3 rings (SSSR count). The van der Waals surface area contributed by atoms with Crippen molar-refractivity contribution in [2.75, 3.05) is 11.4 Å². The highest BCUT2D eigenvalue weighted by molar-refractivity contribution is 7.89. The lowest BCUT2D eigenvalue weighted by Gasteiger charge is -2.21. The average molecular weight is 386 g/mol. The average Bonchev–Trinajstić information content (AvgIpc) is 2.85. The molecule has 1 aliphatic heterocycles. The van der Waals surface area contributed by atoms with Crippen LogP contribution < -0.4 is 15.8 Å². The standard InChI is InChI=1S/C16H16FN3O3S.ClH/c17-12-6-3-5-11(15(12)24(19,22)23)10-4-1-2-7-14(10)20-9-8-13(18)16(20)21;/h1-7,13H,8-9,18H2,(H2,19,22,23);1H/t13-;/m0./s1. The highest BCUT2D eigenvalue weighted by atomic mass is 35.5. The molecule has 1 atom stereocenters. The van der Waals surface area contributed by atoms with Crippen LogP contribution in [0.5, 0.6) is 0 Å². The number of sulfonamides is 1. The Morgan fingerprint density at radius 2 is 1.72 bits per heavy atom. The molecule has 0 unspecified atom stereocenters. The summed E-state index contributed by atoms with van der Waals surface area (Å²) >= 11 is 0. The van der Waals surface area contributed by atoms with E-state index < -0.39 is 26.8 Å². The highest BCUT2D eigenvalue weighted by Crippen LogP contribution is 2.37. The molecule has 6 nitrogen and oxygen atoms in total. The first-order valence-electron chi connectivity index (χ1n) is 7.28. The van der Waals surface area contributed by atoms with Crippen molar-refractivity contribution in [2.24, 2.45) is 10.9 Å². The van der Waals surface area contributed by atoms with Crippen molar-refractivity contribution in [2.45, 2.75) is 17.4 Å². The molecule has 0 radical (unpaired) electrons. The summed E-state index contributed by atoms with van der Waals surface area (Å²) in [7, 11) is -4.28. The minimum atomic E-state index is -4.28. The summed E-state index contributed by atoms with van der Waals surface area (Å²) in [6, 6.07) is 9.98. The number of hydrogen-bond donors (Lipinski definition) is 2. The zero-order chi connectivity index (χ0) is 17.5. The molecule has 0 spiro atoms. The topological polar surface area (TPSA) is 106 Å². The zero-order valence-electron chi connectivity index (χ0n) is 13.1. The normalized spacial score (nSPS) is 17.5. The maximum atomic E-state index is 14.1. The number of rotatable bonds is 3. The van der Waals surface area contributed by atoms with Crippen LogP contribution in [-0.4, -0.2) is 26.9 Å². The lowest BCUT2D eigenvalue weighted by atomic mass is 10.0. The summed E-state index contributed by atoms with van der Waals surface area (Å²) < 4.78 is 37.8. The molecule has 0 bridgehead atoms. The van der Waals surface area contributed by atoms with Crippen molar-refractivity contribution in [3.63, 3.8) is 0 Å². The van der Waals surface area contributed by atoms with Crippen LogP contribution in [0.3, 0.4) is 0 Å². The third-order valence-electron chi connectivity index (χ3n) is 3.98. The van der Waals surface area contributed by atoms with E-state index in [-0.39, 0.29) is 23.9 Å². The first-order chi connectivity index (χ1) is 11.3. The molecule has 1 amide bonds. The van der Waals surface area contributed by atoms with Gasteiger partial charge in [-0.25, -0.2) is 17.9 Å². The van der Waals surface area contributed by atoms with Gasteiger partial charge in [-0.15, -0.1) is 12.4 Å². The molecule has 0 aliphatic carbocycles. The van der Waals surface area contributed by atoms with Gasteiger partial charge in [0.25, 0.3) is 0 Å². The monoisotopic (exact) mass is 385 g/mol. The van der Waals surface area contributed by atoms with Crippen molar-refractivity contribution < 1.29 is 17.6 Å². The van der Waals surface area contributed by atoms with Crippen molar-refractivity contribution in [1.82, 2.24) is 0 Å². The second kappa shape index (κ2) is 7.09. The van der Waals surface area contributed by atoms with Crippen molar-refractivity contribution in [3.05, 3.63) is 48.3 Å². The van der Waals surface area contributed by atoms with Gasteiger partial charge in [0.2, 0.25) is 15.9 Å². The van der Waals surface area contributed by atoms with E-state index in [4.69, 9.17) is 10.9 Å². The van der Waals surface area contributed by atoms with Gasteiger partial charge in [-0.3, -0.25) is 4.79 Å². The quantitative estimate of drug-likeness (QED) is 0.837. The van der Waals surface area contributed by atoms with Gasteiger partial charge in [-0.1, -0.05) is 30.3 Å². The van der Waals surface area contributed by atoms with E-state index in [1.165, 1.54) is 17.0 Å². The van der Waals surface area contributed by atoms with Crippen LogP contribution in [0.1, 0.15) is 6.42 Å². The maximum absolute atomic E-state index is 14.1. The smallest absolute Gasteiger partial charge is 0.243 e.